The fraction of sp³-hybridized carbons (Fsp3) is 0.500. The van der Waals surface area contributed by atoms with E-state index in [4.69, 9.17) is 0 Å². The SMILES string of the molecule is Cc1cnc(NC(=O)N2C3CC(C)CC2C3)cc1N1C=CNN1.[HH]. The van der Waals surface area contributed by atoms with Crippen LogP contribution in [-0.2, 0) is 0 Å². The van der Waals surface area contributed by atoms with Gasteiger partial charge in [-0.3, -0.25) is 10.3 Å². The highest BCUT2D eigenvalue weighted by molar-refractivity contribution is 5.90. The number of nitrogens with zero attached hydrogens (tertiary/aromatic N) is 3. The van der Waals surface area contributed by atoms with Crippen LogP contribution in [0.5, 0.6) is 0 Å². The minimum Gasteiger partial charge on any atom is -0.318 e. The average molecular weight is 316 g/mol. The van der Waals surface area contributed by atoms with Crippen LogP contribution in [0.4, 0.5) is 16.3 Å². The molecule has 4 rings (SSSR count). The highest BCUT2D eigenvalue weighted by Crippen LogP contribution is 2.41. The van der Waals surface area contributed by atoms with Crippen molar-refractivity contribution < 1.29 is 6.22 Å². The molecule has 2 amide bonds. The number of nitrogens with one attached hydrogen (secondary N) is 3. The van der Waals surface area contributed by atoms with Crippen LogP contribution in [0.25, 0.3) is 0 Å². The molecule has 0 spiro atoms. The number of aryl methyl sites for hydroxylation is 1. The van der Waals surface area contributed by atoms with Gasteiger partial charge in [0.2, 0.25) is 0 Å². The van der Waals surface area contributed by atoms with Crippen molar-refractivity contribution in [1.82, 2.24) is 20.8 Å². The Morgan fingerprint density at radius 3 is 2.87 bits per heavy atom. The van der Waals surface area contributed by atoms with Gasteiger partial charge in [0.25, 0.3) is 0 Å². The van der Waals surface area contributed by atoms with Crippen LogP contribution < -0.4 is 21.3 Å². The molecule has 4 heterocycles. The summed E-state index contributed by atoms with van der Waals surface area (Å²) in [6, 6.07) is 2.67. The lowest BCUT2D eigenvalue weighted by molar-refractivity contribution is -0.00603. The van der Waals surface area contributed by atoms with E-state index in [1.54, 1.807) is 12.4 Å². The highest BCUT2D eigenvalue weighted by atomic mass is 16.2. The zero-order valence-electron chi connectivity index (χ0n) is 13.4. The Bertz CT molecular complexity index is 654. The first-order valence-corrected chi connectivity index (χ1v) is 8.15. The van der Waals surface area contributed by atoms with Gasteiger partial charge in [0.15, 0.2) is 0 Å². The molecule has 2 atom stereocenters. The predicted molar refractivity (Wildman–Crippen MR) is 90.4 cm³/mol. The van der Waals surface area contributed by atoms with E-state index < -0.39 is 0 Å². The number of pyridine rings is 1. The third kappa shape index (κ3) is 2.50. The molecule has 0 aromatic carbocycles. The molecule has 0 radical (unpaired) electrons. The molecular weight excluding hydrogens is 292 g/mol. The normalized spacial score (nSPS) is 28.3. The van der Waals surface area contributed by atoms with Crippen LogP contribution in [0.1, 0.15) is 33.2 Å². The number of carbonyl (C=O) groups excluding carboxylic acids is 1. The van der Waals surface area contributed by atoms with Gasteiger partial charge in [-0.25, -0.2) is 9.78 Å². The minimum atomic E-state index is -0.0245. The van der Waals surface area contributed by atoms with Crippen molar-refractivity contribution in [3.05, 3.63) is 30.2 Å². The molecule has 7 heteroatoms. The lowest BCUT2D eigenvalue weighted by Crippen LogP contribution is -2.63. The number of rotatable bonds is 2. The summed E-state index contributed by atoms with van der Waals surface area (Å²) in [7, 11) is 0. The first kappa shape index (κ1) is 14.3. The fourth-order valence-corrected chi connectivity index (χ4v) is 3.89. The summed E-state index contributed by atoms with van der Waals surface area (Å²) >= 11 is 0. The fourth-order valence-electron chi connectivity index (χ4n) is 3.89. The van der Waals surface area contributed by atoms with Crippen molar-refractivity contribution in [2.45, 2.75) is 45.2 Å². The van der Waals surface area contributed by atoms with Crippen LogP contribution in [0, 0.1) is 12.8 Å². The van der Waals surface area contributed by atoms with Gasteiger partial charge in [0.1, 0.15) is 5.82 Å². The Hall–Kier alpha value is -2.28. The molecule has 2 bridgehead atoms. The van der Waals surface area contributed by atoms with E-state index in [9.17, 15) is 4.79 Å². The van der Waals surface area contributed by atoms with E-state index in [2.05, 4.69) is 28.2 Å². The summed E-state index contributed by atoms with van der Waals surface area (Å²) in [6.45, 7) is 4.26. The molecule has 2 unspecified atom stereocenters. The standard InChI is InChI=1S/C16H22N6O.H2/c1-10-5-12-7-13(6-10)22(12)16(23)19-15-8-14(11(2)9-17-15)21-4-3-18-20-21;/h3-4,8-10,12-13,18,20H,5-7H2,1-2H3,(H,17,19,23);1H. The van der Waals surface area contributed by atoms with E-state index in [-0.39, 0.29) is 7.46 Å². The van der Waals surface area contributed by atoms with Gasteiger partial charge in [-0.05, 0) is 37.7 Å². The lowest BCUT2D eigenvalue weighted by Gasteiger charge is -2.54. The molecule has 124 valence electrons. The van der Waals surface area contributed by atoms with Crippen LogP contribution in [-0.4, -0.2) is 28.0 Å². The predicted octanol–water partition coefficient (Wildman–Crippen LogP) is 2.34. The molecule has 3 N–H and O–H groups in total. The Balaban J connectivity index is 0.00000169. The Morgan fingerprint density at radius 1 is 1.39 bits per heavy atom. The van der Waals surface area contributed by atoms with E-state index >= 15 is 0 Å². The summed E-state index contributed by atoms with van der Waals surface area (Å²) < 4.78 is 0. The number of piperidine rings is 1. The number of urea groups is 1. The summed E-state index contributed by atoms with van der Waals surface area (Å²) in [5, 5.41) is 4.81. The smallest absolute Gasteiger partial charge is 0.318 e. The maximum absolute atomic E-state index is 12.6. The second kappa shape index (κ2) is 5.42. The van der Waals surface area contributed by atoms with Crippen molar-refractivity contribution >= 4 is 17.5 Å². The summed E-state index contributed by atoms with van der Waals surface area (Å²) in [6.07, 6.45) is 8.85. The third-order valence-electron chi connectivity index (χ3n) is 4.98. The molecule has 3 aliphatic rings. The van der Waals surface area contributed by atoms with E-state index in [0.29, 0.717) is 17.9 Å². The average Bonchev–Trinajstić information content (AvgIpc) is 3.02. The van der Waals surface area contributed by atoms with Crippen LogP contribution in [0.2, 0.25) is 0 Å². The summed E-state index contributed by atoms with van der Waals surface area (Å²) in [5.74, 6) is 1.31. The van der Waals surface area contributed by atoms with Gasteiger partial charge in [-0.15, -0.1) is 5.53 Å². The molecule has 0 aliphatic carbocycles. The number of hydrogen-bond donors (Lipinski definition) is 3. The monoisotopic (exact) mass is 316 g/mol. The zero-order chi connectivity index (χ0) is 16.0. The largest absolute Gasteiger partial charge is 0.323 e. The van der Waals surface area contributed by atoms with Crippen molar-refractivity contribution in [2.24, 2.45) is 5.92 Å². The molecular formula is C16H24N6O. The van der Waals surface area contributed by atoms with Gasteiger partial charge >= 0.3 is 6.03 Å². The Labute approximate surface area is 137 Å². The van der Waals surface area contributed by atoms with Crippen molar-refractivity contribution in [1.29, 1.82) is 0 Å². The summed E-state index contributed by atoms with van der Waals surface area (Å²) in [5.41, 5.74) is 7.88. The number of amides is 2. The molecule has 7 nitrogen and oxygen atoms in total. The molecule has 3 aliphatic heterocycles. The quantitative estimate of drug-likeness (QED) is 0.781. The van der Waals surface area contributed by atoms with Crippen molar-refractivity contribution in [3.63, 3.8) is 0 Å². The molecule has 2 fully saturated rings. The van der Waals surface area contributed by atoms with E-state index in [0.717, 1.165) is 36.4 Å². The van der Waals surface area contributed by atoms with Crippen molar-refractivity contribution in [2.75, 3.05) is 10.3 Å². The van der Waals surface area contributed by atoms with E-state index in [1.807, 2.05) is 29.1 Å². The van der Waals surface area contributed by atoms with Crippen molar-refractivity contribution in [3.8, 4) is 0 Å². The van der Waals surface area contributed by atoms with Crippen LogP contribution in [0.3, 0.4) is 0 Å². The molecule has 2 saturated heterocycles. The van der Waals surface area contributed by atoms with E-state index in [1.165, 1.54) is 0 Å². The van der Waals surface area contributed by atoms with Gasteiger partial charge in [0, 0.05) is 38.2 Å². The number of carbonyl (C=O) groups is 1. The topological polar surface area (TPSA) is 72.5 Å². The first-order valence-electron chi connectivity index (χ1n) is 8.15. The van der Waals surface area contributed by atoms with Gasteiger partial charge in [-0.1, -0.05) is 6.92 Å². The first-order chi connectivity index (χ1) is 11.1. The number of aromatic nitrogens is 1. The van der Waals surface area contributed by atoms with Crippen LogP contribution >= 0.6 is 0 Å². The van der Waals surface area contributed by atoms with Crippen LogP contribution in [0.15, 0.2) is 24.7 Å². The maximum Gasteiger partial charge on any atom is 0.323 e. The Kier molecular flexibility index (Phi) is 3.37. The molecule has 1 aromatic rings. The maximum atomic E-state index is 12.6. The Morgan fingerprint density at radius 2 is 2.17 bits per heavy atom. The van der Waals surface area contributed by atoms with Gasteiger partial charge < -0.3 is 10.3 Å². The highest BCUT2D eigenvalue weighted by Gasteiger charge is 2.46. The zero-order valence-corrected chi connectivity index (χ0v) is 13.4. The number of anilines is 2. The van der Waals surface area contributed by atoms with Gasteiger partial charge in [0.05, 0.1) is 5.69 Å². The molecule has 23 heavy (non-hydrogen) atoms. The number of hydrogen-bond acceptors (Lipinski definition) is 5. The molecule has 1 aromatic heterocycles. The number of fused-ring (bicyclic) bond motifs is 2. The van der Waals surface area contributed by atoms with Gasteiger partial charge in [-0.2, -0.15) is 0 Å². The summed E-state index contributed by atoms with van der Waals surface area (Å²) in [4.78, 5) is 18.9. The lowest BCUT2D eigenvalue weighted by atomic mass is 9.74. The second-order valence-electron chi connectivity index (χ2n) is 6.76. The molecule has 0 saturated carbocycles. The minimum absolute atomic E-state index is 0. The number of hydrazine groups is 2. The second-order valence-corrected chi connectivity index (χ2v) is 6.76. The third-order valence-corrected chi connectivity index (χ3v) is 4.98.